The molecule has 0 aliphatic rings. The molecule has 0 aliphatic carbocycles. The second-order valence-electron chi connectivity index (χ2n) is 7.25. The van der Waals surface area contributed by atoms with E-state index in [0.29, 0.717) is 43.2 Å². The molecule has 0 fully saturated rings. The first-order valence-corrected chi connectivity index (χ1v) is 9.41. The molecule has 0 unspecified atom stereocenters. The molecule has 0 radical (unpaired) electrons. The second-order valence-corrected chi connectivity index (χ2v) is 7.25. The first-order chi connectivity index (χ1) is 12.9. The van der Waals surface area contributed by atoms with Crippen LogP contribution in [0, 0.1) is 12.8 Å². The summed E-state index contributed by atoms with van der Waals surface area (Å²) in [6.07, 6.45) is 1.42. The van der Waals surface area contributed by atoms with E-state index in [1.807, 2.05) is 0 Å². The molecule has 6 nitrogen and oxygen atoms in total. The molecule has 1 amide bonds. The standard InChI is InChI=1S/C21H31N3O3/c1-15(2)17(4)24(12-18-8-6-16(3)7-9-18)13-20-23-19(14-27-20)21(25)22-10-11-26-5/h6-9,14-15,17H,10-13H2,1-5H3,(H,22,25)/t17-/m1/s1. The fraction of sp³-hybridized carbons (Fsp3) is 0.524. The summed E-state index contributed by atoms with van der Waals surface area (Å²) in [6.45, 7) is 11.0. The van der Waals surface area contributed by atoms with E-state index in [-0.39, 0.29) is 5.91 Å². The molecule has 1 atom stereocenters. The minimum Gasteiger partial charge on any atom is -0.447 e. The molecule has 1 heterocycles. The van der Waals surface area contributed by atoms with Crippen molar-refractivity contribution in [3.8, 4) is 0 Å². The fourth-order valence-corrected chi connectivity index (χ4v) is 2.71. The maximum Gasteiger partial charge on any atom is 0.273 e. The van der Waals surface area contributed by atoms with Gasteiger partial charge in [0.25, 0.3) is 5.91 Å². The Morgan fingerprint density at radius 1 is 1.22 bits per heavy atom. The van der Waals surface area contributed by atoms with Gasteiger partial charge in [-0.15, -0.1) is 0 Å². The lowest BCUT2D eigenvalue weighted by atomic mass is 10.0. The number of hydrogen-bond acceptors (Lipinski definition) is 5. The van der Waals surface area contributed by atoms with Crippen molar-refractivity contribution >= 4 is 5.91 Å². The van der Waals surface area contributed by atoms with E-state index in [0.717, 1.165) is 6.54 Å². The lowest BCUT2D eigenvalue weighted by molar-refractivity contribution is 0.0932. The molecule has 0 saturated heterocycles. The van der Waals surface area contributed by atoms with Gasteiger partial charge >= 0.3 is 0 Å². The third-order valence-corrected chi connectivity index (χ3v) is 4.76. The number of ether oxygens (including phenoxy) is 1. The van der Waals surface area contributed by atoms with Crippen LogP contribution in [0.25, 0.3) is 0 Å². The minimum atomic E-state index is -0.246. The summed E-state index contributed by atoms with van der Waals surface area (Å²) in [5, 5.41) is 2.75. The van der Waals surface area contributed by atoms with Crippen LogP contribution in [0.4, 0.5) is 0 Å². The molecule has 1 N–H and O–H groups in total. The van der Waals surface area contributed by atoms with Crippen LogP contribution >= 0.6 is 0 Å². The average molecular weight is 373 g/mol. The number of nitrogens with one attached hydrogen (secondary N) is 1. The second kappa shape index (κ2) is 10.2. The Labute approximate surface area is 161 Å². The van der Waals surface area contributed by atoms with E-state index in [2.05, 4.69) is 67.2 Å². The quantitative estimate of drug-likeness (QED) is 0.647. The van der Waals surface area contributed by atoms with Gasteiger partial charge in [-0.1, -0.05) is 43.7 Å². The Balaban J connectivity index is 2.06. The summed E-state index contributed by atoms with van der Waals surface area (Å²) in [5.41, 5.74) is 2.80. The summed E-state index contributed by atoms with van der Waals surface area (Å²) in [7, 11) is 1.60. The van der Waals surface area contributed by atoms with Crippen molar-refractivity contribution in [1.29, 1.82) is 0 Å². The number of carbonyl (C=O) groups excluding carboxylic acids is 1. The number of oxazole rings is 1. The van der Waals surface area contributed by atoms with E-state index >= 15 is 0 Å². The van der Waals surface area contributed by atoms with Crippen LogP contribution in [0.15, 0.2) is 34.9 Å². The smallest absolute Gasteiger partial charge is 0.273 e. The molecule has 0 aliphatic heterocycles. The molecule has 1 aromatic heterocycles. The van der Waals surface area contributed by atoms with Crippen LogP contribution < -0.4 is 5.32 Å². The van der Waals surface area contributed by atoms with E-state index in [9.17, 15) is 4.79 Å². The molecular weight excluding hydrogens is 342 g/mol. The van der Waals surface area contributed by atoms with Crippen LogP contribution in [0.3, 0.4) is 0 Å². The van der Waals surface area contributed by atoms with Crippen LogP contribution in [-0.2, 0) is 17.8 Å². The first-order valence-electron chi connectivity index (χ1n) is 9.41. The van der Waals surface area contributed by atoms with Crippen LogP contribution in [0.5, 0.6) is 0 Å². The number of rotatable bonds is 10. The normalized spacial score (nSPS) is 12.6. The largest absolute Gasteiger partial charge is 0.447 e. The number of methoxy groups -OCH3 is 1. The topological polar surface area (TPSA) is 67.6 Å². The van der Waals surface area contributed by atoms with Crippen molar-refractivity contribution in [2.75, 3.05) is 20.3 Å². The van der Waals surface area contributed by atoms with E-state index in [1.54, 1.807) is 7.11 Å². The summed E-state index contributed by atoms with van der Waals surface area (Å²) < 4.78 is 10.5. The van der Waals surface area contributed by atoms with Crippen molar-refractivity contribution in [2.24, 2.45) is 5.92 Å². The third-order valence-electron chi connectivity index (χ3n) is 4.76. The van der Waals surface area contributed by atoms with Crippen molar-refractivity contribution in [1.82, 2.24) is 15.2 Å². The predicted molar refractivity (Wildman–Crippen MR) is 105 cm³/mol. The highest BCUT2D eigenvalue weighted by Gasteiger charge is 2.21. The van der Waals surface area contributed by atoms with Gasteiger partial charge in [0.05, 0.1) is 13.2 Å². The molecule has 0 saturated carbocycles. The lowest BCUT2D eigenvalue weighted by Crippen LogP contribution is -2.36. The highest BCUT2D eigenvalue weighted by molar-refractivity contribution is 5.91. The Bertz CT molecular complexity index is 710. The first kappa shape index (κ1) is 21.1. The van der Waals surface area contributed by atoms with Gasteiger partial charge in [-0.05, 0) is 25.3 Å². The maximum atomic E-state index is 12.1. The Hall–Kier alpha value is -2.18. The molecule has 0 spiro atoms. The van der Waals surface area contributed by atoms with E-state index < -0.39 is 0 Å². The molecule has 2 aromatic rings. The Morgan fingerprint density at radius 3 is 2.56 bits per heavy atom. The highest BCUT2D eigenvalue weighted by Crippen LogP contribution is 2.18. The van der Waals surface area contributed by atoms with Gasteiger partial charge in [0.2, 0.25) is 5.89 Å². The van der Waals surface area contributed by atoms with Gasteiger partial charge in [0.15, 0.2) is 5.69 Å². The number of aryl methyl sites for hydroxylation is 1. The van der Waals surface area contributed by atoms with Gasteiger partial charge in [-0.25, -0.2) is 4.98 Å². The number of nitrogens with zero attached hydrogens (tertiary/aromatic N) is 2. The monoisotopic (exact) mass is 373 g/mol. The Morgan fingerprint density at radius 2 is 1.93 bits per heavy atom. The zero-order valence-corrected chi connectivity index (χ0v) is 17.0. The van der Waals surface area contributed by atoms with Crippen LogP contribution in [0.1, 0.15) is 48.3 Å². The fourth-order valence-electron chi connectivity index (χ4n) is 2.71. The summed E-state index contributed by atoms with van der Waals surface area (Å²) in [5.74, 6) is 0.790. The number of carbonyl (C=O) groups is 1. The van der Waals surface area contributed by atoms with E-state index in [1.165, 1.54) is 17.4 Å². The zero-order chi connectivity index (χ0) is 19.8. The zero-order valence-electron chi connectivity index (χ0n) is 17.0. The van der Waals surface area contributed by atoms with Crippen molar-refractivity contribution in [3.05, 3.63) is 53.2 Å². The van der Waals surface area contributed by atoms with Crippen LogP contribution in [0.2, 0.25) is 0 Å². The van der Waals surface area contributed by atoms with Crippen molar-refractivity contribution < 1.29 is 13.9 Å². The summed E-state index contributed by atoms with van der Waals surface area (Å²) in [6, 6.07) is 8.90. The molecule has 27 heavy (non-hydrogen) atoms. The van der Waals surface area contributed by atoms with Crippen molar-refractivity contribution in [2.45, 2.75) is 46.8 Å². The SMILES string of the molecule is COCCNC(=O)c1coc(CN(Cc2ccc(C)cc2)[C@H](C)C(C)C)n1. The Kier molecular flexibility index (Phi) is 8.00. The average Bonchev–Trinajstić information content (AvgIpc) is 3.11. The van der Waals surface area contributed by atoms with Gasteiger partial charge in [-0.3, -0.25) is 9.69 Å². The number of benzene rings is 1. The number of amides is 1. The molecular formula is C21H31N3O3. The summed E-state index contributed by atoms with van der Waals surface area (Å²) >= 11 is 0. The van der Waals surface area contributed by atoms with E-state index in [4.69, 9.17) is 9.15 Å². The van der Waals surface area contributed by atoms with Crippen molar-refractivity contribution in [3.63, 3.8) is 0 Å². The van der Waals surface area contributed by atoms with Gasteiger partial charge in [0, 0.05) is 26.2 Å². The number of hydrogen-bond donors (Lipinski definition) is 1. The third kappa shape index (κ3) is 6.48. The van der Waals surface area contributed by atoms with Gasteiger partial charge in [-0.2, -0.15) is 0 Å². The predicted octanol–water partition coefficient (Wildman–Crippen LogP) is 3.41. The number of aromatic nitrogens is 1. The maximum absolute atomic E-state index is 12.1. The molecule has 148 valence electrons. The lowest BCUT2D eigenvalue weighted by Gasteiger charge is -2.30. The minimum absolute atomic E-state index is 0.246. The molecule has 1 aromatic carbocycles. The van der Waals surface area contributed by atoms with Gasteiger partial charge in [0.1, 0.15) is 6.26 Å². The molecule has 6 heteroatoms. The highest BCUT2D eigenvalue weighted by atomic mass is 16.5. The van der Waals surface area contributed by atoms with Gasteiger partial charge < -0.3 is 14.5 Å². The van der Waals surface area contributed by atoms with Crippen LogP contribution in [-0.4, -0.2) is 42.1 Å². The molecule has 2 rings (SSSR count). The molecule has 0 bridgehead atoms. The summed E-state index contributed by atoms with van der Waals surface area (Å²) in [4.78, 5) is 18.8.